The third kappa shape index (κ3) is 1.94. The third-order valence-electron chi connectivity index (χ3n) is 2.40. The number of halogens is 3. The highest BCUT2D eigenvalue weighted by Crippen LogP contribution is 2.25. The summed E-state index contributed by atoms with van der Waals surface area (Å²) in [7, 11) is 0. The molecule has 0 aromatic carbocycles. The van der Waals surface area contributed by atoms with Gasteiger partial charge in [0.05, 0.1) is 0 Å². The van der Waals surface area contributed by atoms with Crippen molar-refractivity contribution in [1.82, 2.24) is 19.5 Å². The molecule has 18 heavy (non-hydrogen) atoms. The predicted molar refractivity (Wildman–Crippen MR) is 61.0 cm³/mol. The first-order valence-electron chi connectivity index (χ1n) is 5.18. The molecule has 0 bridgehead atoms. The highest BCUT2D eigenvalue weighted by atomic mass is 35.5. The number of aryl methyl sites for hydroxylation is 1. The fourth-order valence-electron chi connectivity index (χ4n) is 1.65. The average Bonchev–Trinajstić information content (AvgIpc) is 2.67. The molecular formula is C10H9ClF2N4O. The van der Waals surface area contributed by atoms with Gasteiger partial charge in [0, 0.05) is 13.5 Å². The first-order chi connectivity index (χ1) is 8.45. The predicted octanol–water partition coefficient (Wildman–Crippen LogP) is 2.64. The van der Waals surface area contributed by atoms with Gasteiger partial charge in [-0.05, 0) is 6.92 Å². The Labute approximate surface area is 106 Å². The molecular weight excluding hydrogens is 266 g/mol. The second kappa shape index (κ2) is 4.56. The number of imidazole rings is 1. The molecule has 0 atom stereocenters. The lowest BCUT2D eigenvalue weighted by atomic mass is 10.4. The summed E-state index contributed by atoms with van der Waals surface area (Å²) in [6.45, 7) is 3.47. The van der Waals surface area contributed by atoms with E-state index in [1.807, 2.05) is 0 Å². The molecule has 0 amide bonds. The maximum absolute atomic E-state index is 12.6. The number of nitrogens with zero attached hydrogens (tertiary/aromatic N) is 4. The summed E-state index contributed by atoms with van der Waals surface area (Å²) in [6.07, 6.45) is -2.83. The van der Waals surface area contributed by atoms with Gasteiger partial charge in [0.2, 0.25) is 0 Å². The number of carbonyl (C=O) groups excluding carboxylic acids is 1. The van der Waals surface area contributed by atoms with Gasteiger partial charge < -0.3 is 4.57 Å². The Morgan fingerprint density at radius 3 is 2.56 bits per heavy atom. The maximum atomic E-state index is 12.6. The van der Waals surface area contributed by atoms with Gasteiger partial charge in [-0.25, -0.2) is 23.7 Å². The van der Waals surface area contributed by atoms with Gasteiger partial charge >= 0.3 is 0 Å². The van der Waals surface area contributed by atoms with Crippen molar-refractivity contribution in [3.8, 4) is 0 Å². The molecule has 2 rings (SSSR count). The molecule has 5 nitrogen and oxygen atoms in total. The molecule has 2 aromatic heterocycles. The number of alkyl halides is 2. The largest absolute Gasteiger partial charge is 0.306 e. The van der Waals surface area contributed by atoms with E-state index in [-0.39, 0.29) is 27.9 Å². The summed E-state index contributed by atoms with van der Waals surface area (Å²) in [5.74, 6) is -0.822. The van der Waals surface area contributed by atoms with Crippen LogP contribution in [0.3, 0.4) is 0 Å². The highest BCUT2D eigenvalue weighted by molar-refractivity contribution is 6.33. The van der Waals surface area contributed by atoms with E-state index in [1.54, 1.807) is 6.92 Å². The molecule has 0 fully saturated rings. The van der Waals surface area contributed by atoms with Gasteiger partial charge in [0.15, 0.2) is 28.2 Å². The van der Waals surface area contributed by atoms with Gasteiger partial charge in [-0.15, -0.1) is 0 Å². The lowest BCUT2D eigenvalue weighted by Gasteiger charge is -2.03. The van der Waals surface area contributed by atoms with Crippen LogP contribution in [0.2, 0.25) is 5.15 Å². The number of hydrogen-bond acceptors (Lipinski definition) is 4. The third-order valence-corrected chi connectivity index (χ3v) is 2.66. The van der Waals surface area contributed by atoms with E-state index in [4.69, 9.17) is 11.6 Å². The fraction of sp³-hybridized carbons (Fsp3) is 0.400. The van der Waals surface area contributed by atoms with Crippen LogP contribution < -0.4 is 0 Å². The van der Waals surface area contributed by atoms with E-state index in [9.17, 15) is 13.6 Å². The number of ketones is 1. The molecule has 0 saturated heterocycles. The Morgan fingerprint density at radius 2 is 2.06 bits per heavy atom. The summed E-state index contributed by atoms with van der Waals surface area (Å²) in [4.78, 5) is 22.6. The van der Waals surface area contributed by atoms with Crippen molar-refractivity contribution in [1.29, 1.82) is 0 Å². The molecule has 0 saturated carbocycles. The first-order valence-corrected chi connectivity index (χ1v) is 5.56. The Kier molecular flexibility index (Phi) is 3.25. The number of aromatic nitrogens is 4. The monoisotopic (exact) mass is 274 g/mol. The van der Waals surface area contributed by atoms with Crippen LogP contribution in [0, 0.1) is 0 Å². The first kappa shape index (κ1) is 12.8. The number of fused-ring (bicyclic) bond motifs is 1. The minimum atomic E-state index is -2.83. The van der Waals surface area contributed by atoms with Crippen LogP contribution in [0.4, 0.5) is 8.78 Å². The van der Waals surface area contributed by atoms with Crippen LogP contribution >= 0.6 is 11.6 Å². The standard InChI is InChI=1S/C10H9ClF2N4O/c1-3-17-9(4(2)18)14-5-6(11)15-8(7(12)13)16-10(5)17/h7H,3H2,1-2H3. The smallest absolute Gasteiger partial charge is 0.297 e. The summed E-state index contributed by atoms with van der Waals surface area (Å²) < 4.78 is 26.6. The molecule has 2 aromatic rings. The Balaban J connectivity index is 2.81. The Bertz CT molecular complexity index is 626. The van der Waals surface area contributed by atoms with Gasteiger partial charge in [0.25, 0.3) is 6.43 Å². The van der Waals surface area contributed by atoms with Crippen LogP contribution in [-0.4, -0.2) is 25.3 Å². The van der Waals surface area contributed by atoms with Crippen LogP contribution in [0.1, 0.15) is 36.7 Å². The number of hydrogen-bond donors (Lipinski definition) is 0. The minimum absolute atomic E-state index is 0.134. The highest BCUT2D eigenvalue weighted by Gasteiger charge is 2.21. The second-order valence-electron chi connectivity index (χ2n) is 3.58. The summed E-state index contributed by atoms with van der Waals surface area (Å²) in [5, 5.41) is -0.176. The van der Waals surface area contributed by atoms with Crippen LogP contribution in [0.5, 0.6) is 0 Å². The number of rotatable bonds is 3. The van der Waals surface area contributed by atoms with Gasteiger partial charge in [-0.1, -0.05) is 11.6 Å². The van der Waals surface area contributed by atoms with E-state index in [0.29, 0.717) is 6.54 Å². The molecule has 0 aliphatic rings. The zero-order valence-corrected chi connectivity index (χ0v) is 10.4. The van der Waals surface area contributed by atoms with E-state index < -0.39 is 12.2 Å². The van der Waals surface area contributed by atoms with Gasteiger partial charge in [-0.3, -0.25) is 4.79 Å². The van der Waals surface area contributed by atoms with Crippen LogP contribution in [0.15, 0.2) is 0 Å². The number of Topliss-reactive ketones (excluding diaryl/α,β-unsaturated/α-hetero) is 1. The van der Waals surface area contributed by atoms with Crippen molar-refractivity contribution in [3.63, 3.8) is 0 Å². The van der Waals surface area contributed by atoms with Crippen molar-refractivity contribution >= 4 is 28.5 Å². The fourth-order valence-corrected chi connectivity index (χ4v) is 1.86. The molecule has 2 heterocycles. The van der Waals surface area contributed by atoms with Crippen molar-refractivity contribution in [2.24, 2.45) is 0 Å². The Hall–Kier alpha value is -1.63. The minimum Gasteiger partial charge on any atom is -0.306 e. The molecule has 0 spiro atoms. The van der Waals surface area contributed by atoms with Crippen molar-refractivity contribution in [2.75, 3.05) is 0 Å². The van der Waals surface area contributed by atoms with Crippen molar-refractivity contribution < 1.29 is 13.6 Å². The van der Waals surface area contributed by atoms with Crippen LogP contribution in [-0.2, 0) is 6.54 Å². The molecule has 0 aliphatic carbocycles. The zero-order valence-electron chi connectivity index (χ0n) is 9.62. The van der Waals surface area contributed by atoms with Crippen LogP contribution in [0.25, 0.3) is 11.2 Å². The van der Waals surface area contributed by atoms with Crippen molar-refractivity contribution in [2.45, 2.75) is 26.8 Å². The van der Waals surface area contributed by atoms with E-state index in [2.05, 4.69) is 15.0 Å². The van der Waals surface area contributed by atoms with E-state index in [1.165, 1.54) is 11.5 Å². The maximum Gasteiger partial charge on any atom is 0.297 e. The molecule has 0 N–H and O–H groups in total. The topological polar surface area (TPSA) is 60.7 Å². The summed E-state index contributed by atoms with van der Waals surface area (Å²) in [5.41, 5.74) is 0.311. The van der Waals surface area contributed by atoms with Gasteiger partial charge in [-0.2, -0.15) is 0 Å². The second-order valence-corrected chi connectivity index (χ2v) is 3.94. The van der Waals surface area contributed by atoms with E-state index >= 15 is 0 Å². The zero-order chi connectivity index (χ0) is 13.4. The normalized spacial score (nSPS) is 11.4. The summed E-state index contributed by atoms with van der Waals surface area (Å²) in [6, 6.07) is 0. The quantitative estimate of drug-likeness (QED) is 0.638. The van der Waals surface area contributed by atoms with E-state index in [0.717, 1.165) is 0 Å². The molecule has 0 aliphatic heterocycles. The van der Waals surface area contributed by atoms with Crippen molar-refractivity contribution in [3.05, 3.63) is 16.8 Å². The number of carbonyl (C=O) groups is 1. The lowest BCUT2D eigenvalue weighted by Crippen LogP contribution is -2.07. The lowest BCUT2D eigenvalue weighted by molar-refractivity contribution is 0.1000. The molecule has 0 radical (unpaired) electrons. The summed E-state index contributed by atoms with van der Waals surface area (Å²) >= 11 is 5.78. The average molecular weight is 275 g/mol. The van der Waals surface area contributed by atoms with Gasteiger partial charge in [0.1, 0.15) is 5.52 Å². The molecule has 8 heteroatoms. The SMILES string of the molecule is CCn1c(C(C)=O)nc2c(Cl)nc(C(F)F)nc21. The molecule has 96 valence electrons. The molecule has 0 unspecified atom stereocenters. The Morgan fingerprint density at radius 1 is 1.39 bits per heavy atom.